The molecule has 0 radical (unpaired) electrons. The summed E-state index contributed by atoms with van der Waals surface area (Å²) in [5.41, 5.74) is 0.886. The summed E-state index contributed by atoms with van der Waals surface area (Å²) in [5, 5.41) is 4.65. The summed E-state index contributed by atoms with van der Waals surface area (Å²) in [6, 6.07) is 12.2. The fraction of sp³-hybridized carbons (Fsp3) is 0.481. The highest BCUT2D eigenvalue weighted by atomic mass is 28.4. The number of ether oxygens (including phenoxy) is 3. The van der Waals surface area contributed by atoms with Crippen molar-refractivity contribution in [3.8, 4) is 5.75 Å². The van der Waals surface area contributed by atoms with Gasteiger partial charge in [-0.25, -0.2) is 9.59 Å². The summed E-state index contributed by atoms with van der Waals surface area (Å²) in [7, 11) is -1.36. The minimum atomic E-state index is -2.70. The van der Waals surface area contributed by atoms with Gasteiger partial charge in [-0.15, -0.1) is 0 Å². The predicted octanol–water partition coefficient (Wildman–Crippen LogP) is 4.96. The number of carbonyl (C=O) groups excluding carboxylic acids is 2. The molecule has 37 heavy (non-hydrogen) atoms. The van der Waals surface area contributed by atoms with Gasteiger partial charge in [0.2, 0.25) is 0 Å². The molecule has 2 aromatic carbocycles. The summed E-state index contributed by atoms with van der Waals surface area (Å²) in [4.78, 5) is 23.5. The van der Waals surface area contributed by atoms with Gasteiger partial charge in [0.15, 0.2) is 0 Å². The van der Waals surface area contributed by atoms with Crippen molar-refractivity contribution in [3.05, 3.63) is 48.0 Å². The molecule has 1 N–H and O–H groups in total. The van der Waals surface area contributed by atoms with E-state index in [0.29, 0.717) is 51.9 Å². The number of benzene rings is 2. The largest absolute Gasteiger partial charge is 0.500 e. The zero-order valence-corrected chi connectivity index (χ0v) is 23.2. The lowest BCUT2D eigenvalue weighted by molar-refractivity contribution is -0.134. The number of esters is 1. The average molecular weight is 534 g/mol. The summed E-state index contributed by atoms with van der Waals surface area (Å²) < 4.78 is 33.3. The Morgan fingerprint density at radius 2 is 1.57 bits per heavy atom. The molecular formula is C27H39NO8Si. The van der Waals surface area contributed by atoms with Crippen molar-refractivity contribution in [2.24, 2.45) is 0 Å². The molecule has 204 valence electrons. The molecule has 0 spiro atoms. The van der Waals surface area contributed by atoms with E-state index in [0.717, 1.165) is 22.1 Å². The molecule has 0 aromatic heterocycles. The second-order valence-electron chi connectivity index (χ2n) is 7.91. The molecule has 1 amide bonds. The molecule has 0 bridgehead atoms. The SMILES string of the molecule is CCO[Si](CCCNC(=O)OCCCOc1ccc(/C=C/C(=O)OC)c2ccccc12)(OCC)OCC. The van der Waals surface area contributed by atoms with Gasteiger partial charge in [-0.3, -0.25) is 0 Å². The number of methoxy groups -OCH3 is 1. The van der Waals surface area contributed by atoms with Crippen molar-refractivity contribution >= 4 is 37.7 Å². The summed E-state index contributed by atoms with van der Waals surface area (Å²) in [6.07, 6.45) is 3.85. The lowest BCUT2D eigenvalue weighted by atomic mass is 10.0. The Morgan fingerprint density at radius 3 is 2.22 bits per heavy atom. The Balaban J connectivity index is 1.75. The predicted molar refractivity (Wildman–Crippen MR) is 145 cm³/mol. The number of carbonyl (C=O) groups is 2. The monoisotopic (exact) mass is 533 g/mol. The van der Waals surface area contributed by atoms with Crippen molar-refractivity contribution in [1.82, 2.24) is 5.32 Å². The number of hydrogen-bond acceptors (Lipinski definition) is 8. The van der Waals surface area contributed by atoms with E-state index in [1.54, 1.807) is 6.08 Å². The van der Waals surface area contributed by atoms with E-state index in [2.05, 4.69) is 10.1 Å². The highest BCUT2D eigenvalue weighted by molar-refractivity contribution is 6.60. The lowest BCUT2D eigenvalue weighted by Gasteiger charge is -2.28. The molecule has 0 aliphatic carbocycles. The van der Waals surface area contributed by atoms with Gasteiger partial charge in [-0.2, -0.15) is 0 Å². The molecule has 0 atom stereocenters. The zero-order chi connectivity index (χ0) is 26.9. The van der Waals surface area contributed by atoms with Crippen LogP contribution in [0.15, 0.2) is 42.5 Å². The number of rotatable bonds is 17. The van der Waals surface area contributed by atoms with Crippen molar-refractivity contribution in [2.45, 2.75) is 39.7 Å². The maximum atomic E-state index is 12.0. The van der Waals surface area contributed by atoms with E-state index in [-0.39, 0.29) is 6.61 Å². The van der Waals surface area contributed by atoms with Gasteiger partial charge >= 0.3 is 20.9 Å². The van der Waals surface area contributed by atoms with Crippen molar-refractivity contribution < 1.29 is 37.1 Å². The highest BCUT2D eigenvalue weighted by Crippen LogP contribution is 2.29. The summed E-state index contributed by atoms with van der Waals surface area (Å²) >= 11 is 0. The molecule has 0 fully saturated rings. The molecule has 0 aliphatic heterocycles. The molecular weight excluding hydrogens is 494 g/mol. The minimum absolute atomic E-state index is 0.235. The van der Waals surface area contributed by atoms with Crippen LogP contribution in [0.3, 0.4) is 0 Å². The fourth-order valence-electron chi connectivity index (χ4n) is 3.75. The second kappa shape index (κ2) is 16.7. The molecule has 2 aromatic rings. The van der Waals surface area contributed by atoms with Gasteiger partial charge in [0.25, 0.3) is 0 Å². The minimum Gasteiger partial charge on any atom is -0.493 e. The smallest absolute Gasteiger partial charge is 0.493 e. The van der Waals surface area contributed by atoms with E-state index in [1.165, 1.54) is 13.2 Å². The van der Waals surface area contributed by atoms with Crippen LogP contribution in [0, 0.1) is 0 Å². The maximum absolute atomic E-state index is 12.0. The van der Waals surface area contributed by atoms with Gasteiger partial charge in [-0.05, 0) is 50.3 Å². The van der Waals surface area contributed by atoms with Crippen LogP contribution in [0.25, 0.3) is 16.8 Å². The van der Waals surface area contributed by atoms with Crippen LogP contribution in [0.5, 0.6) is 5.75 Å². The molecule has 10 heteroatoms. The van der Waals surface area contributed by atoms with Gasteiger partial charge in [0.1, 0.15) is 5.75 Å². The van der Waals surface area contributed by atoms with Gasteiger partial charge in [-0.1, -0.05) is 30.3 Å². The van der Waals surface area contributed by atoms with Crippen molar-refractivity contribution in [1.29, 1.82) is 0 Å². The standard InChI is InChI=1S/C27H39NO8Si/c1-5-34-37(35-6-2,36-7-3)21-10-18-28-27(30)33-20-11-19-32-25-16-14-22(15-17-26(29)31-4)23-12-8-9-13-24(23)25/h8-9,12-17H,5-7,10-11,18-21H2,1-4H3,(H,28,30)/b17-15+. The number of alkyl carbamates (subject to hydrolysis) is 1. The van der Waals surface area contributed by atoms with Crippen molar-refractivity contribution in [3.63, 3.8) is 0 Å². The van der Waals surface area contributed by atoms with Crippen LogP contribution in [0.4, 0.5) is 4.79 Å². The molecule has 0 aliphatic rings. The van der Waals surface area contributed by atoms with E-state index in [1.807, 2.05) is 57.2 Å². The molecule has 0 unspecified atom stereocenters. The maximum Gasteiger partial charge on any atom is 0.500 e. The van der Waals surface area contributed by atoms with Gasteiger partial charge in [0, 0.05) is 50.3 Å². The number of hydrogen-bond donors (Lipinski definition) is 1. The third-order valence-electron chi connectivity index (χ3n) is 5.32. The highest BCUT2D eigenvalue weighted by Gasteiger charge is 2.39. The first-order valence-electron chi connectivity index (χ1n) is 12.7. The molecule has 0 heterocycles. The second-order valence-corrected chi connectivity index (χ2v) is 10.6. The number of nitrogens with one attached hydrogen (secondary N) is 1. The van der Waals surface area contributed by atoms with E-state index in [9.17, 15) is 9.59 Å². The number of fused-ring (bicyclic) bond motifs is 1. The van der Waals surface area contributed by atoms with Crippen LogP contribution in [-0.4, -0.2) is 67.6 Å². The fourth-order valence-corrected chi connectivity index (χ4v) is 6.36. The normalized spacial score (nSPS) is 11.6. The molecule has 0 saturated heterocycles. The van der Waals surface area contributed by atoms with Crippen LogP contribution < -0.4 is 10.1 Å². The van der Waals surface area contributed by atoms with E-state index < -0.39 is 20.9 Å². The third kappa shape index (κ3) is 10.2. The Hall–Kier alpha value is -2.92. The lowest BCUT2D eigenvalue weighted by Crippen LogP contribution is -2.46. The Kier molecular flexibility index (Phi) is 13.7. The Labute approximate surface area is 220 Å². The quantitative estimate of drug-likeness (QED) is 0.132. The van der Waals surface area contributed by atoms with E-state index >= 15 is 0 Å². The molecule has 0 saturated carbocycles. The average Bonchev–Trinajstić information content (AvgIpc) is 2.90. The summed E-state index contributed by atoms with van der Waals surface area (Å²) in [5.74, 6) is 0.311. The Bertz CT molecular complexity index is 996. The first-order valence-corrected chi connectivity index (χ1v) is 14.6. The van der Waals surface area contributed by atoms with Crippen LogP contribution >= 0.6 is 0 Å². The van der Waals surface area contributed by atoms with Crippen LogP contribution in [-0.2, 0) is 27.5 Å². The first kappa shape index (κ1) is 30.3. The van der Waals surface area contributed by atoms with Crippen LogP contribution in [0.1, 0.15) is 39.2 Å². The molecule has 2 rings (SSSR count). The van der Waals surface area contributed by atoms with Gasteiger partial charge in [0.05, 0.1) is 20.3 Å². The van der Waals surface area contributed by atoms with Crippen LogP contribution in [0.2, 0.25) is 6.04 Å². The first-order chi connectivity index (χ1) is 18.0. The topological polar surface area (TPSA) is 102 Å². The zero-order valence-electron chi connectivity index (χ0n) is 22.2. The molecule has 9 nitrogen and oxygen atoms in total. The van der Waals surface area contributed by atoms with Gasteiger partial charge < -0.3 is 32.8 Å². The van der Waals surface area contributed by atoms with Crippen molar-refractivity contribution in [2.75, 3.05) is 46.7 Å². The summed E-state index contributed by atoms with van der Waals surface area (Å²) in [6.45, 7) is 8.40. The number of amides is 1. The third-order valence-corrected chi connectivity index (χ3v) is 8.47. The van der Waals surface area contributed by atoms with E-state index in [4.69, 9.17) is 22.8 Å². The Morgan fingerprint density at radius 1 is 0.892 bits per heavy atom.